The van der Waals surface area contributed by atoms with Crippen LogP contribution in [0.5, 0.6) is 0 Å². The first kappa shape index (κ1) is 11.9. The normalized spacial score (nSPS) is 26.2. The van der Waals surface area contributed by atoms with Gasteiger partial charge >= 0.3 is 0 Å². The molecule has 16 heavy (non-hydrogen) atoms. The molecule has 0 aromatic rings. The topological polar surface area (TPSA) is 27.6 Å². The summed E-state index contributed by atoms with van der Waals surface area (Å²) in [6.07, 6.45) is 6.36. The molecule has 1 saturated heterocycles. The summed E-state index contributed by atoms with van der Waals surface area (Å²) in [6.45, 7) is 7.03. The van der Waals surface area contributed by atoms with Crippen molar-refractivity contribution in [3.8, 4) is 0 Å². The van der Waals surface area contributed by atoms with Crippen molar-refractivity contribution in [3.05, 3.63) is 0 Å². The fraction of sp³-hybridized carbons (Fsp3) is 0.923. The van der Waals surface area contributed by atoms with Crippen LogP contribution in [-0.2, 0) is 0 Å². The second-order valence-electron chi connectivity index (χ2n) is 5.75. The highest BCUT2D eigenvalue weighted by Gasteiger charge is 2.28. The van der Waals surface area contributed by atoms with Crippen molar-refractivity contribution in [1.29, 1.82) is 0 Å². The van der Waals surface area contributed by atoms with E-state index in [0.29, 0.717) is 5.41 Å². The van der Waals surface area contributed by atoms with Crippen LogP contribution in [0.3, 0.4) is 0 Å². The van der Waals surface area contributed by atoms with Crippen LogP contribution in [0.1, 0.15) is 39.0 Å². The fourth-order valence-electron chi connectivity index (χ4n) is 2.49. The zero-order valence-corrected chi connectivity index (χ0v) is 10.8. The number of piperidine rings is 1. The van der Waals surface area contributed by atoms with Crippen molar-refractivity contribution in [3.63, 3.8) is 0 Å². The highest BCUT2D eigenvalue weighted by molar-refractivity contribution is 5.82. The van der Waals surface area contributed by atoms with Crippen molar-refractivity contribution in [2.45, 2.75) is 39.0 Å². The summed E-state index contributed by atoms with van der Waals surface area (Å²) < 4.78 is 0. The van der Waals surface area contributed by atoms with Crippen molar-refractivity contribution in [2.75, 3.05) is 33.2 Å². The lowest BCUT2D eigenvalue weighted by Gasteiger charge is -2.38. The summed E-state index contributed by atoms with van der Waals surface area (Å²) >= 11 is 0. The Hall–Kier alpha value is -0.570. The van der Waals surface area contributed by atoms with Gasteiger partial charge in [0.1, 0.15) is 0 Å². The number of nitrogens with one attached hydrogen (secondary N) is 1. The number of nitrogens with zero attached hydrogens (tertiary/aromatic N) is 2. The van der Waals surface area contributed by atoms with Gasteiger partial charge in [0.25, 0.3) is 0 Å². The summed E-state index contributed by atoms with van der Waals surface area (Å²) in [4.78, 5) is 6.99. The molecule has 0 atom stereocenters. The van der Waals surface area contributed by atoms with Crippen LogP contribution in [0.15, 0.2) is 4.99 Å². The van der Waals surface area contributed by atoms with Crippen LogP contribution in [-0.4, -0.2) is 44.0 Å². The first-order chi connectivity index (χ1) is 7.68. The minimum Gasteiger partial charge on any atom is -0.373 e. The van der Waals surface area contributed by atoms with Crippen LogP contribution in [0, 0.1) is 5.41 Å². The molecule has 0 radical (unpaired) electrons. The van der Waals surface area contributed by atoms with Gasteiger partial charge < -0.3 is 10.2 Å². The minimum absolute atomic E-state index is 0.479. The van der Waals surface area contributed by atoms with Crippen LogP contribution >= 0.6 is 0 Å². The van der Waals surface area contributed by atoms with Gasteiger partial charge in [-0.3, -0.25) is 4.99 Å². The molecule has 0 amide bonds. The number of hydrogen-bond acceptors (Lipinski definition) is 3. The van der Waals surface area contributed by atoms with E-state index in [9.17, 15) is 0 Å². The molecule has 0 aromatic carbocycles. The van der Waals surface area contributed by atoms with E-state index in [2.05, 4.69) is 29.2 Å². The maximum Gasteiger partial charge on any atom is 0.0963 e. The van der Waals surface area contributed by atoms with Crippen molar-refractivity contribution < 1.29 is 0 Å². The average molecular weight is 223 g/mol. The Bertz CT molecular complexity index is 252. The third-order valence-corrected chi connectivity index (χ3v) is 4.04. The zero-order chi connectivity index (χ0) is 11.4. The number of amidine groups is 1. The molecule has 2 rings (SSSR count). The maximum absolute atomic E-state index is 4.56. The summed E-state index contributed by atoms with van der Waals surface area (Å²) in [7, 11) is 2.22. The van der Waals surface area contributed by atoms with Gasteiger partial charge in [0.15, 0.2) is 0 Å². The molecular weight excluding hydrogens is 198 g/mol. The highest BCUT2D eigenvalue weighted by Crippen LogP contribution is 2.29. The second kappa shape index (κ2) is 5.17. The number of likely N-dealkylation sites (tertiary alicyclic amines) is 1. The summed E-state index contributed by atoms with van der Waals surface area (Å²) in [6, 6.07) is 0. The lowest BCUT2D eigenvalue weighted by atomic mass is 9.80. The Morgan fingerprint density at radius 1 is 1.31 bits per heavy atom. The quantitative estimate of drug-likeness (QED) is 0.774. The Morgan fingerprint density at radius 2 is 2.06 bits per heavy atom. The first-order valence-corrected chi connectivity index (χ1v) is 6.64. The summed E-state index contributed by atoms with van der Waals surface area (Å²) in [5, 5.41) is 3.58. The minimum atomic E-state index is 0.479. The van der Waals surface area contributed by atoms with Gasteiger partial charge in [0.05, 0.1) is 5.84 Å². The molecule has 2 heterocycles. The molecule has 0 bridgehead atoms. The molecule has 1 N–H and O–H groups in total. The summed E-state index contributed by atoms with van der Waals surface area (Å²) in [5.74, 6) is 1.26. The molecule has 3 nitrogen and oxygen atoms in total. The molecule has 1 fully saturated rings. The van der Waals surface area contributed by atoms with Gasteiger partial charge in [-0.25, -0.2) is 0 Å². The predicted molar refractivity (Wildman–Crippen MR) is 69.0 cm³/mol. The number of rotatable bonds is 2. The Balaban J connectivity index is 1.78. The fourth-order valence-corrected chi connectivity index (χ4v) is 2.49. The zero-order valence-electron chi connectivity index (χ0n) is 10.8. The van der Waals surface area contributed by atoms with E-state index in [0.717, 1.165) is 19.5 Å². The van der Waals surface area contributed by atoms with Crippen LogP contribution in [0.4, 0.5) is 0 Å². The van der Waals surface area contributed by atoms with Crippen molar-refractivity contribution in [1.82, 2.24) is 10.2 Å². The molecule has 0 spiro atoms. The molecule has 2 aliphatic heterocycles. The van der Waals surface area contributed by atoms with E-state index in [4.69, 9.17) is 0 Å². The molecular formula is C13H25N3. The van der Waals surface area contributed by atoms with E-state index in [1.165, 1.54) is 44.6 Å². The van der Waals surface area contributed by atoms with Gasteiger partial charge in [-0.1, -0.05) is 6.92 Å². The lowest BCUT2D eigenvalue weighted by Crippen LogP contribution is -2.43. The molecule has 0 saturated carbocycles. The monoisotopic (exact) mass is 223 g/mol. The van der Waals surface area contributed by atoms with E-state index < -0.39 is 0 Å². The average Bonchev–Trinajstić information content (AvgIpc) is 2.33. The molecule has 0 aromatic heterocycles. The maximum atomic E-state index is 4.56. The second-order valence-corrected chi connectivity index (χ2v) is 5.75. The van der Waals surface area contributed by atoms with Crippen LogP contribution in [0.25, 0.3) is 0 Å². The summed E-state index contributed by atoms with van der Waals surface area (Å²) in [5.41, 5.74) is 0.479. The first-order valence-electron chi connectivity index (χ1n) is 6.64. The third-order valence-electron chi connectivity index (χ3n) is 4.04. The number of hydrogen-bond donors (Lipinski definition) is 1. The Labute approximate surface area is 99.3 Å². The Kier molecular flexibility index (Phi) is 3.85. The van der Waals surface area contributed by atoms with E-state index in [1.807, 2.05) is 0 Å². The van der Waals surface area contributed by atoms with Gasteiger partial charge in [-0.2, -0.15) is 0 Å². The van der Waals surface area contributed by atoms with E-state index >= 15 is 0 Å². The van der Waals surface area contributed by atoms with Gasteiger partial charge in [0.2, 0.25) is 0 Å². The van der Waals surface area contributed by atoms with Crippen molar-refractivity contribution >= 4 is 5.84 Å². The lowest BCUT2D eigenvalue weighted by molar-refractivity contribution is 0.142. The molecule has 0 aliphatic carbocycles. The molecule has 92 valence electrons. The van der Waals surface area contributed by atoms with E-state index in [-0.39, 0.29) is 0 Å². The largest absolute Gasteiger partial charge is 0.373 e. The van der Waals surface area contributed by atoms with Crippen molar-refractivity contribution in [2.24, 2.45) is 10.4 Å². The smallest absolute Gasteiger partial charge is 0.0963 e. The van der Waals surface area contributed by atoms with Crippen LogP contribution in [0.2, 0.25) is 0 Å². The van der Waals surface area contributed by atoms with Gasteiger partial charge in [-0.15, -0.1) is 0 Å². The highest BCUT2D eigenvalue weighted by atomic mass is 15.1. The number of aliphatic imine (C=N–C) groups is 1. The predicted octanol–water partition coefficient (Wildman–Crippen LogP) is 1.89. The van der Waals surface area contributed by atoms with Crippen LogP contribution < -0.4 is 5.32 Å². The SMILES string of the molecule is CN1CCC(C)(CNC2=NCCCC2)CC1. The molecule has 2 aliphatic rings. The van der Waals surface area contributed by atoms with E-state index in [1.54, 1.807) is 0 Å². The van der Waals surface area contributed by atoms with Gasteiger partial charge in [-0.05, 0) is 51.2 Å². The third kappa shape index (κ3) is 3.21. The van der Waals surface area contributed by atoms with Gasteiger partial charge in [0, 0.05) is 19.5 Å². The molecule has 3 heteroatoms. The standard InChI is InChI=1S/C13H25N3/c1-13(6-9-16(2)10-7-13)11-15-12-5-3-4-8-14-12/h3-11H2,1-2H3,(H,14,15). The Morgan fingerprint density at radius 3 is 2.69 bits per heavy atom. The molecule has 0 unspecified atom stereocenters.